The van der Waals surface area contributed by atoms with Gasteiger partial charge in [0.05, 0.1) is 0 Å². The van der Waals surface area contributed by atoms with Gasteiger partial charge in [-0.2, -0.15) is 0 Å². The van der Waals surface area contributed by atoms with Gasteiger partial charge in [-0.25, -0.2) is 4.98 Å². The second-order valence-corrected chi connectivity index (χ2v) is 5.51. The molecule has 2 fully saturated rings. The molecule has 0 radical (unpaired) electrons. The van der Waals surface area contributed by atoms with Gasteiger partial charge in [-0.1, -0.05) is 6.07 Å². The Hall–Kier alpha value is -1.09. The van der Waals surface area contributed by atoms with Crippen molar-refractivity contribution in [1.29, 1.82) is 0 Å². The van der Waals surface area contributed by atoms with Gasteiger partial charge < -0.3 is 10.6 Å². The van der Waals surface area contributed by atoms with Gasteiger partial charge in [0.2, 0.25) is 0 Å². The molecular formula is C13H19N3. The van der Waals surface area contributed by atoms with E-state index in [4.69, 9.17) is 5.73 Å². The van der Waals surface area contributed by atoms with Crippen molar-refractivity contribution in [3.05, 3.63) is 23.9 Å². The van der Waals surface area contributed by atoms with Crippen LogP contribution >= 0.6 is 0 Å². The van der Waals surface area contributed by atoms with Gasteiger partial charge in [-0.05, 0) is 31.7 Å². The molecular weight excluding hydrogens is 198 g/mol. The molecule has 0 aromatic carbocycles. The van der Waals surface area contributed by atoms with E-state index < -0.39 is 0 Å². The Labute approximate surface area is 96.7 Å². The molecule has 1 aromatic heterocycles. The zero-order valence-corrected chi connectivity index (χ0v) is 10.0. The molecule has 3 heteroatoms. The van der Waals surface area contributed by atoms with Crippen LogP contribution in [0, 0.1) is 0 Å². The molecule has 2 N–H and O–H groups in total. The molecule has 0 spiro atoms. The number of pyridine rings is 1. The fourth-order valence-corrected chi connectivity index (χ4v) is 2.90. The maximum Gasteiger partial charge on any atom is 0.131 e. The highest BCUT2D eigenvalue weighted by Crippen LogP contribution is 2.64. The van der Waals surface area contributed by atoms with Crippen molar-refractivity contribution in [3.8, 4) is 0 Å². The summed E-state index contributed by atoms with van der Waals surface area (Å²) >= 11 is 0. The van der Waals surface area contributed by atoms with E-state index in [2.05, 4.69) is 30.0 Å². The average Bonchev–Trinajstić information content (AvgIpc) is 3.13. The first-order valence-electron chi connectivity index (χ1n) is 6.01. The van der Waals surface area contributed by atoms with E-state index in [1.165, 1.54) is 31.2 Å². The highest BCUT2D eigenvalue weighted by atomic mass is 15.1. The first kappa shape index (κ1) is 10.1. The van der Waals surface area contributed by atoms with E-state index >= 15 is 0 Å². The van der Waals surface area contributed by atoms with Gasteiger partial charge >= 0.3 is 0 Å². The molecule has 0 amide bonds. The van der Waals surface area contributed by atoms with E-state index in [0.29, 0.717) is 0 Å². The second kappa shape index (κ2) is 2.98. The van der Waals surface area contributed by atoms with Gasteiger partial charge in [-0.15, -0.1) is 0 Å². The molecule has 3 nitrogen and oxygen atoms in total. The van der Waals surface area contributed by atoms with Crippen LogP contribution in [0.15, 0.2) is 18.3 Å². The molecule has 1 heterocycles. The molecule has 86 valence electrons. The molecule has 0 saturated heterocycles. The summed E-state index contributed by atoms with van der Waals surface area (Å²) in [5, 5.41) is 0. The molecule has 0 atom stereocenters. The Morgan fingerprint density at radius 1 is 1.25 bits per heavy atom. The number of hydrogen-bond acceptors (Lipinski definition) is 3. The topological polar surface area (TPSA) is 42.2 Å². The van der Waals surface area contributed by atoms with Gasteiger partial charge in [0.15, 0.2) is 0 Å². The Morgan fingerprint density at radius 3 is 2.44 bits per heavy atom. The molecule has 0 aliphatic heterocycles. The van der Waals surface area contributed by atoms with Gasteiger partial charge in [0, 0.05) is 36.8 Å². The van der Waals surface area contributed by atoms with Crippen LogP contribution < -0.4 is 10.6 Å². The van der Waals surface area contributed by atoms with E-state index in [1.807, 2.05) is 12.3 Å². The monoisotopic (exact) mass is 217 g/mol. The Balaban J connectivity index is 2.07. The van der Waals surface area contributed by atoms with E-state index in [-0.39, 0.29) is 11.0 Å². The largest absolute Gasteiger partial charge is 0.363 e. The normalized spacial score (nSPS) is 23.9. The molecule has 2 aliphatic carbocycles. The number of hydrogen-bond donors (Lipinski definition) is 1. The zero-order chi connectivity index (χ0) is 11.4. The van der Waals surface area contributed by atoms with Crippen molar-refractivity contribution in [3.63, 3.8) is 0 Å². The SMILES string of the molecule is CN(C)c1ncccc1C1(C2(N)CC2)CC1. The molecule has 16 heavy (non-hydrogen) atoms. The van der Waals surface area contributed by atoms with Crippen molar-refractivity contribution < 1.29 is 0 Å². The van der Waals surface area contributed by atoms with Crippen molar-refractivity contribution in [2.24, 2.45) is 5.73 Å². The lowest BCUT2D eigenvalue weighted by Gasteiger charge is -2.27. The summed E-state index contributed by atoms with van der Waals surface area (Å²) in [6.45, 7) is 0. The fourth-order valence-electron chi connectivity index (χ4n) is 2.90. The third-order valence-corrected chi connectivity index (χ3v) is 4.22. The first-order valence-corrected chi connectivity index (χ1v) is 6.01. The van der Waals surface area contributed by atoms with Crippen LogP contribution in [0.2, 0.25) is 0 Å². The molecule has 0 bridgehead atoms. The number of rotatable bonds is 3. The minimum absolute atomic E-state index is 0.0702. The molecule has 0 unspecified atom stereocenters. The summed E-state index contributed by atoms with van der Waals surface area (Å²) in [4.78, 5) is 6.59. The van der Waals surface area contributed by atoms with Crippen LogP contribution in [0.5, 0.6) is 0 Å². The number of aromatic nitrogens is 1. The van der Waals surface area contributed by atoms with E-state index in [1.54, 1.807) is 0 Å². The summed E-state index contributed by atoms with van der Waals surface area (Å²) in [6.07, 6.45) is 6.68. The lowest BCUT2D eigenvalue weighted by molar-refractivity contribution is 0.502. The highest BCUT2D eigenvalue weighted by molar-refractivity contribution is 5.55. The lowest BCUT2D eigenvalue weighted by atomic mass is 9.86. The Kier molecular flexibility index (Phi) is 1.88. The average molecular weight is 217 g/mol. The van der Waals surface area contributed by atoms with Gasteiger partial charge in [0.25, 0.3) is 0 Å². The first-order chi connectivity index (χ1) is 7.59. The zero-order valence-electron chi connectivity index (χ0n) is 10.0. The minimum atomic E-state index is 0.0702. The van der Waals surface area contributed by atoms with Crippen molar-refractivity contribution in [2.45, 2.75) is 36.6 Å². The summed E-state index contributed by atoms with van der Waals surface area (Å²) < 4.78 is 0. The van der Waals surface area contributed by atoms with E-state index in [9.17, 15) is 0 Å². The third kappa shape index (κ3) is 1.21. The van der Waals surface area contributed by atoms with Crippen LogP contribution in [-0.2, 0) is 5.41 Å². The summed E-state index contributed by atoms with van der Waals surface area (Å²) in [5.74, 6) is 1.09. The maximum absolute atomic E-state index is 6.44. The minimum Gasteiger partial charge on any atom is -0.363 e. The predicted octanol–water partition coefficient (Wildman–Crippen LogP) is 1.67. The summed E-state index contributed by atoms with van der Waals surface area (Å²) in [6, 6.07) is 4.25. The van der Waals surface area contributed by atoms with Crippen molar-refractivity contribution >= 4 is 5.82 Å². The number of nitrogens with zero attached hydrogens (tertiary/aromatic N) is 2. The van der Waals surface area contributed by atoms with Gasteiger partial charge in [-0.3, -0.25) is 0 Å². The maximum atomic E-state index is 6.44. The fraction of sp³-hybridized carbons (Fsp3) is 0.615. The quantitative estimate of drug-likeness (QED) is 0.837. The Bertz CT molecular complexity index is 417. The molecule has 2 saturated carbocycles. The second-order valence-electron chi connectivity index (χ2n) is 5.51. The van der Waals surface area contributed by atoms with Crippen LogP contribution in [0.3, 0.4) is 0 Å². The van der Waals surface area contributed by atoms with Crippen molar-refractivity contribution in [2.75, 3.05) is 19.0 Å². The molecule has 1 aromatic rings. The molecule has 3 rings (SSSR count). The Morgan fingerprint density at radius 2 is 1.94 bits per heavy atom. The third-order valence-electron chi connectivity index (χ3n) is 4.22. The summed E-state index contributed by atoms with van der Waals surface area (Å²) in [7, 11) is 4.11. The number of anilines is 1. The smallest absolute Gasteiger partial charge is 0.131 e. The van der Waals surface area contributed by atoms with Crippen LogP contribution in [0.25, 0.3) is 0 Å². The van der Waals surface area contributed by atoms with Crippen LogP contribution in [0.1, 0.15) is 31.2 Å². The standard InChI is InChI=1S/C13H19N3/c1-16(2)11-10(4-3-9-15-11)12(5-6-12)13(14)7-8-13/h3-4,9H,5-8,14H2,1-2H3. The lowest BCUT2D eigenvalue weighted by Crippen LogP contribution is -2.38. The molecule has 2 aliphatic rings. The highest BCUT2D eigenvalue weighted by Gasteiger charge is 2.64. The predicted molar refractivity (Wildman–Crippen MR) is 65.6 cm³/mol. The van der Waals surface area contributed by atoms with Gasteiger partial charge in [0.1, 0.15) is 5.82 Å². The van der Waals surface area contributed by atoms with Crippen LogP contribution in [-0.4, -0.2) is 24.6 Å². The van der Waals surface area contributed by atoms with Crippen molar-refractivity contribution in [1.82, 2.24) is 4.98 Å². The summed E-state index contributed by atoms with van der Waals surface area (Å²) in [5.41, 5.74) is 8.11. The van der Waals surface area contributed by atoms with E-state index in [0.717, 1.165) is 5.82 Å². The number of nitrogens with two attached hydrogens (primary N) is 1. The van der Waals surface area contributed by atoms with Crippen LogP contribution in [0.4, 0.5) is 5.82 Å².